The molecule has 0 saturated carbocycles. The average molecular weight is 209 g/mol. The van der Waals surface area contributed by atoms with E-state index in [1.54, 1.807) is 0 Å². The highest BCUT2D eigenvalue weighted by Gasteiger charge is 2.11. The molecule has 0 amide bonds. The van der Waals surface area contributed by atoms with Gasteiger partial charge in [0.2, 0.25) is 0 Å². The predicted molar refractivity (Wildman–Crippen MR) is 62.4 cm³/mol. The number of hydrogen-bond acceptors (Lipinski definition) is 3. The zero-order valence-corrected chi connectivity index (χ0v) is 9.78. The minimum absolute atomic E-state index is 0.225. The zero-order valence-electron chi connectivity index (χ0n) is 9.78. The molecule has 0 bridgehead atoms. The molecule has 1 aromatic carbocycles. The first-order valence-corrected chi connectivity index (χ1v) is 4.81. The Labute approximate surface area is 91.2 Å². The van der Waals surface area contributed by atoms with Gasteiger partial charge in [-0.1, -0.05) is 18.2 Å². The largest absolute Gasteiger partial charge is 0.460 e. The summed E-state index contributed by atoms with van der Waals surface area (Å²) in [5, 5.41) is 0. The molecule has 3 heteroatoms. The van der Waals surface area contributed by atoms with Crippen LogP contribution in [-0.2, 0) is 9.53 Å². The Morgan fingerprint density at radius 2 is 1.67 bits per heavy atom. The van der Waals surface area contributed by atoms with Crippen molar-refractivity contribution in [3.05, 3.63) is 30.3 Å². The van der Waals surface area contributed by atoms with Gasteiger partial charge in [0.05, 0.1) is 0 Å². The van der Waals surface area contributed by atoms with Gasteiger partial charge >= 0.3 is 5.97 Å². The van der Waals surface area contributed by atoms with Crippen molar-refractivity contribution in [2.24, 2.45) is 0 Å². The van der Waals surface area contributed by atoms with E-state index in [9.17, 15) is 4.79 Å². The van der Waals surface area contributed by atoms with E-state index in [4.69, 9.17) is 10.5 Å². The van der Waals surface area contributed by atoms with Gasteiger partial charge in [-0.3, -0.25) is 4.79 Å². The van der Waals surface area contributed by atoms with E-state index in [1.807, 2.05) is 51.1 Å². The molecular weight excluding hydrogens is 190 g/mol. The van der Waals surface area contributed by atoms with Crippen molar-refractivity contribution in [2.75, 3.05) is 5.73 Å². The maximum atomic E-state index is 10.2. The van der Waals surface area contributed by atoms with E-state index >= 15 is 0 Å². The van der Waals surface area contributed by atoms with Crippen molar-refractivity contribution in [3.8, 4) is 0 Å². The zero-order chi connectivity index (χ0) is 11.9. The Balaban J connectivity index is 0.000000262. The van der Waals surface area contributed by atoms with Gasteiger partial charge in [0, 0.05) is 12.6 Å². The van der Waals surface area contributed by atoms with Crippen LogP contribution in [0.2, 0.25) is 0 Å². The number of para-hydroxylation sites is 1. The highest BCUT2D eigenvalue weighted by molar-refractivity contribution is 5.66. The Morgan fingerprint density at radius 3 is 1.80 bits per heavy atom. The molecule has 84 valence electrons. The van der Waals surface area contributed by atoms with Crippen LogP contribution in [0.25, 0.3) is 0 Å². The number of hydrogen-bond donors (Lipinski definition) is 1. The molecule has 0 aromatic heterocycles. The van der Waals surface area contributed by atoms with Crippen LogP contribution in [0.5, 0.6) is 0 Å². The fourth-order valence-electron chi connectivity index (χ4n) is 0.884. The number of nitrogens with two attached hydrogens (primary N) is 1. The van der Waals surface area contributed by atoms with Gasteiger partial charge in [0.1, 0.15) is 5.60 Å². The molecule has 0 saturated heterocycles. The van der Waals surface area contributed by atoms with Crippen LogP contribution < -0.4 is 5.73 Å². The number of carbonyl (C=O) groups is 1. The number of carbonyl (C=O) groups excluding carboxylic acids is 1. The van der Waals surface area contributed by atoms with E-state index < -0.39 is 0 Å². The molecule has 0 atom stereocenters. The van der Waals surface area contributed by atoms with Crippen LogP contribution in [0, 0.1) is 0 Å². The smallest absolute Gasteiger partial charge is 0.303 e. The molecule has 1 rings (SSSR count). The molecule has 3 nitrogen and oxygen atoms in total. The van der Waals surface area contributed by atoms with Gasteiger partial charge < -0.3 is 10.5 Å². The summed E-state index contributed by atoms with van der Waals surface area (Å²) in [5.74, 6) is -0.225. The maximum Gasteiger partial charge on any atom is 0.303 e. The second kappa shape index (κ2) is 6.06. The van der Waals surface area contributed by atoms with Gasteiger partial charge in [-0.2, -0.15) is 0 Å². The Morgan fingerprint density at radius 1 is 1.20 bits per heavy atom. The molecule has 15 heavy (non-hydrogen) atoms. The van der Waals surface area contributed by atoms with E-state index in [2.05, 4.69) is 0 Å². The number of nitrogen functional groups attached to an aromatic ring is 1. The van der Waals surface area contributed by atoms with Crippen molar-refractivity contribution < 1.29 is 9.53 Å². The molecule has 0 radical (unpaired) electrons. The normalized spacial score (nSPS) is 9.87. The molecule has 0 aliphatic rings. The number of benzene rings is 1. The number of ether oxygens (including phenoxy) is 1. The molecule has 0 heterocycles. The van der Waals surface area contributed by atoms with E-state index in [1.165, 1.54) is 6.92 Å². The Kier molecular flexibility index (Phi) is 5.45. The first kappa shape index (κ1) is 13.5. The molecular formula is C12H19NO2. The topological polar surface area (TPSA) is 52.3 Å². The van der Waals surface area contributed by atoms with Crippen LogP contribution in [0.4, 0.5) is 5.69 Å². The van der Waals surface area contributed by atoms with E-state index in [0.717, 1.165) is 5.69 Å². The lowest BCUT2D eigenvalue weighted by molar-refractivity contribution is -0.151. The van der Waals surface area contributed by atoms with Gasteiger partial charge in [-0.15, -0.1) is 0 Å². The summed E-state index contributed by atoms with van der Waals surface area (Å²) in [6, 6.07) is 9.49. The predicted octanol–water partition coefficient (Wildman–Crippen LogP) is 2.62. The van der Waals surface area contributed by atoms with Crippen molar-refractivity contribution in [2.45, 2.75) is 33.3 Å². The molecule has 0 fully saturated rings. The summed E-state index contributed by atoms with van der Waals surface area (Å²) < 4.78 is 4.80. The average Bonchev–Trinajstić information content (AvgIpc) is 2.01. The summed E-state index contributed by atoms with van der Waals surface area (Å²) in [4.78, 5) is 10.2. The highest BCUT2D eigenvalue weighted by atomic mass is 16.6. The maximum absolute atomic E-state index is 10.2. The minimum atomic E-state index is -0.328. The third kappa shape index (κ3) is 10.4. The van der Waals surface area contributed by atoms with Crippen molar-refractivity contribution in [3.63, 3.8) is 0 Å². The van der Waals surface area contributed by atoms with Gasteiger partial charge in [-0.25, -0.2) is 0 Å². The van der Waals surface area contributed by atoms with Crippen LogP contribution in [0.3, 0.4) is 0 Å². The fraction of sp³-hybridized carbons (Fsp3) is 0.417. The van der Waals surface area contributed by atoms with Crippen molar-refractivity contribution >= 4 is 11.7 Å². The van der Waals surface area contributed by atoms with Crippen molar-refractivity contribution in [1.29, 1.82) is 0 Å². The van der Waals surface area contributed by atoms with Crippen LogP contribution >= 0.6 is 0 Å². The van der Waals surface area contributed by atoms with Crippen LogP contribution in [-0.4, -0.2) is 11.6 Å². The third-order valence-corrected chi connectivity index (χ3v) is 1.25. The second-order valence-corrected chi connectivity index (χ2v) is 4.12. The Bertz CT molecular complexity index is 288. The molecule has 1 aromatic rings. The molecule has 0 spiro atoms. The molecule has 0 aliphatic heterocycles. The SMILES string of the molecule is CC(=O)OC(C)(C)C.Nc1ccccc1. The number of rotatable bonds is 0. The van der Waals surface area contributed by atoms with Crippen LogP contribution in [0.1, 0.15) is 27.7 Å². The third-order valence-electron chi connectivity index (χ3n) is 1.25. The minimum Gasteiger partial charge on any atom is -0.460 e. The lowest BCUT2D eigenvalue weighted by Crippen LogP contribution is -2.21. The highest BCUT2D eigenvalue weighted by Crippen LogP contribution is 2.05. The summed E-state index contributed by atoms with van der Waals surface area (Å²) in [6.07, 6.45) is 0. The fourth-order valence-corrected chi connectivity index (χ4v) is 0.884. The molecule has 0 aliphatic carbocycles. The summed E-state index contributed by atoms with van der Waals surface area (Å²) in [7, 11) is 0. The summed E-state index contributed by atoms with van der Waals surface area (Å²) >= 11 is 0. The summed E-state index contributed by atoms with van der Waals surface area (Å²) in [5.41, 5.74) is 5.85. The van der Waals surface area contributed by atoms with Crippen LogP contribution in [0.15, 0.2) is 30.3 Å². The lowest BCUT2D eigenvalue weighted by atomic mass is 10.2. The quantitative estimate of drug-likeness (QED) is 0.528. The van der Waals surface area contributed by atoms with E-state index in [-0.39, 0.29) is 11.6 Å². The second-order valence-electron chi connectivity index (χ2n) is 4.12. The molecule has 2 N–H and O–H groups in total. The monoisotopic (exact) mass is 209 g/mol. The number of esters is 1. The first-order chi connectivity index (χ1) is 6.81. The van der Waals surface area contributed by atoms with Gasteiger partial charge in [-0.05, 0) is 32.9 Å². The van der Waals surface area contributed by atoms with E-state index in [0.29, 0.717) is 0 Å². The van der Waals surface area contributed by atoms with Crippen molar-refractivity contribution in [1.82, 2.24) is 0 Å². The molecule has 0 unspecified atom stereocenters. The van der Waals surface area contributed by atoms with Gasteiger partial charge in [0.15, 0.2) is 0 Å². The Hall–Kier alpha value is -1.51. The summed E-state index contributed by atoms with van der Waals surface area (Å²) in [6.45, 7) is 6.93. The van der Waals surface area contributed by atoms with Gasteiger partial charge in [0.25, 0.3) is 0 Å². The number of anilines is 1. The standard InChI is InChI=1S/C6H7N.C6H12O2/c7-6-4-2-1-3-5-6;1-5(7)8-6(2,3)4/h1-5H,7H2;1-4H3. The lowest BCUT2D eigenvalue weighted by Gasteiger charge is -2.17. The first-order valence-electron chi connectivity index (χ1n) is 4.81.